The molecule has 136 valence electrons. The van der Waals surface area contributed by atoms with Crippen molar-refractivity contribution in [1.82, 2.24) is 4.90 Å². The Hall–Kier alpha value is -2.07. The van der Waals surface area contributed by atoms with Gasteiger partial charge in [0.1, 0.15) is 6.61 Å². The summed E-state index contributed by atoms with van der Waals surface area (Å²) < 4.78 is 5.70. The first-order valence-corrected chi connectivity index (χ1v) is 9.63. The quantitative estimate of drug-likeness (QED) is 0.901. The molecule has 1 heterocycles. The van der Waals surface area contributed by atoms with Gasteiger partial charge < -0.3 is 14.7 Å². The Labute approximate surface area is 154 Å². The normalized spacial score (nSPS) is 36.7. The van der Waals surface area contributed by atoms with Crippen molar-refractivity contribution in [2.45, 2.75) is 44.2 Å². The van der Waals surface area contributed by atoms with Crippen molar-refractivity contribution in [2.75, 3.05) is 13.2 Å². The van der Waals surface area contributed by atoms with Crippen LogP contribution in [0.3, 0.4) is 0 Å². The Morgan fingerprint density at radius 3 is 2.92 bits per heavy atom. The van der Waals surface area contributed by atoms with Crippen LogP contribution in [0.5, 0.6) is 0 Å². The van der Waals surface area contributed by atoms with Gasteiger partial charge in [0, 0.05) is 17.4 Å². The maximum absolute atomic E-state index is 13.1. The molecule has 3 fully saturated rings. The predicted octanol–water partition coefficient (Wildman–Crippen LogP) is 3.82. The largest absolute Gasteiger partial charge is 0.445 e. The van der Waals surface area contributed by atoms with Gasteiger partial charge in [-0.1, -0.05) is 54.1 Å². The lowest BCUT2D eigenvalue weighted by atomic mass is 9.71. The highest BCUT2D eigenvalue weighted by Crippen LogP contribution is 2.82. The summed E-state index contributed by atoms with van der Waals surface area (Å²) >= 11 is 0. The molecule has 26 heavy (non-hydrogen) atoms. The highest BCUT2D eigenvalue weighted by Gasteiger charge is 2.84. The van der Waals surface area contributed by atoms with Crippen LogP contribution in [-0.4, -0.2) is 34.8 Å². The SMILES string of the molecule is O=C(OCc1ccccc1)N1CCC[C@]2(CO)CC3=CC=CCC34C[C@]142. The number of allylic oxidation sites excluding steroid dienone is 3. The van der Waals surface area contributed by atoms with Crippen LogP contribution in [0.25, 0.3) is 0 Å². The molecule has 4 nitrogen and oxygen atoms in total. The summed E-state index contributed by atoms with van der Waals surface area (Å²) in [5.74, 6) is 0. The molecule has 3 aliphatic carbocycles. The number of rotatable bonds is 3. The lowest BCUT2D eigenvalue weighted by Gasteiger charge is -2.48. The molecular formula is C22H25NO3. The summed E-state index contributed by atoms with van der Waals surface area (Å²) in [6.07, 6.45) is 11.1. The number of benzene rings is 1. The topological polar surface area (TPSA) is 49.8 Å². The van der Waals surface area contributed by atoms with Gasteiger partial charge in [0.15, 0.2) is 0 Å². The van der Waals surface area contributed by atoms with Gasteiger partial charge in [-0.15, -0.1) is 0 Å². The van der Waals surface area contributed by atoms with Crippen LogP contribution in [0.4, 0.5) is 4.79 Å². The molecule has 1 aromatic rings. The predicted molar refractivity (Wildman–Crippen MR) is 98.3 cm³/mol. The zero-order valence-corrected chi connectivity index (χ0v) is 15.0. The fourth-order valence-corrected chi connectivity index (χ4v) is 6.20. The van der Waals surface area contributed by atoms with E-state index in [1.807, 2.05) is 35.2 Å². The van der Waals surface area contributed by atoms with Crippen molar-refractivity contribution in [3.8, 4) is 0 Å². The average Bonchev–Trinajstić information content (AvgIpc) is 3.26. The van der Waals surface area contributed by atoms with Crippen LogP contribution in [-0.2, 0) is 11.3 Å². The molecule has 2 saturated carbocycles. The smallest absolute Gasteiger partial charge is 0.410 e. The number of ether oxygens (including phenoxy) is 1. The Morgan fingerprint density at radius 2 is 2.12 bits per heavy atom. The number of carbonyl (C=O) groups is 1. The van der Waals surface area contributed by atoms with Gasteiger partial charge in [-0.05, 0) is 37.7 Å². The molecule has 1 unspecified atom stereocenters. The molecule has 0 bridgehead atoms. The second kappa shape index (κ2) is 5.46. The zero-order chi connectivity index (χ0) is 17.8. The monoisotopic (exact) mass is 351 g/mol. The minimum Gasteiger partial charge on any atom is -0.445 e. The molecule has 0 radical (unpaired) electrons. The van der Waals surface area contributed by atoms with E-state index in [9.17, 15) is 9.90 Å². The van der Waals surface area contributed by atoms with Gasteiger partial charge in [0.2, 0.25) is 0 Å². The van der Waals surface area contributed by atoms with Crippen molar-refractivity contribution in [3.05, 3.63) is 59.7 Å². The Morgan fingerprint density at radius 1 is 1.27 bits per heavy atom. The molecule has 4 aliphatic rings. The molecule has 1 aliphatic heterocycles. The average molecular weight is 351 g/mol. The number of likely N-dealkylation sites (tertiary alicyclic amines) is 1. The van der Waals surface area contributed by atoms with Gasteiger partial charge >= 0.3 is 6.09 Å². The molecule has 1 amide bonds. The summed E-state index contributed by atoms with van der Waals surface area (Å²) in [5.41, 5.74) is 2.02. The molecule has 1 saturated heterocycles. The van der Waals surface area contributed by atoms with Crippen molar-refractivity contribution in [2.24, 2.45) is 10.8 Å². The maximum atomic E-state index is 13.1. The zero-order valence-electron chi connectivity index (χ0n) is 15.0. The highest BCUT2D eigenvalue weighted by molar-refractivity contribution is 5.72. The van der Waals surface area contributed by atoms with E-state index < -0.39 is 0 Å². The van der Waals surface area contributed by atoms with Crippen molar-refractivity contribution >= 4 is 6.09 Å². The van der Waals surface area contributed by atoms with E-state index in [2.05, 4.69) is 18.2 Å². The van der Waals surface area contributed by atoms with Gasteiger partial charge in [0.25, 0.3) is 0 Å². The Bertz CT molecular complexity index is 801. The van der Waals surface area contributed by atoms with Crippen LogP contribution in [0, 0.1) is 10.8 Å². The molecule has 2 spiro atoms. The number of nitrogens with zero attached hydrogens (tertiary/aromatic N) is 1. The van der Waals surface area contributed by atoms with Gasteiger partial charge in [-0.3, -0.25) is 0 Å². The van der Waals surface area contributed by atoms with Crippen LogP contribution in [0.1, 0.15) is 37.7 Å². The lowest BCUT2D eigenvalue weighted by molar-refractivity contribution is -0.0381. The minimum atomic E-state index is -0.253. The summed E-state index contributed by atoms with van der Waals surface area (Å²) in [6, 6.07) is 9.82. The van der Waals surface area contributed by atoms with E-state index in [0.717, 1.165) is 44.2 Å². The third-order valence-electron chi connectivity index (χ3n) is 7.37. The number of hydrogen-bond acceptors (Lipinski definition) is 3. The molecule has 5 rings (SSSR count). The molecular weight excluding hydrogens is 326 g/mol. The number of aliphatic hydroxyl groups excluding tert-OH is 1. The Balaban J connectivity index is 1.44. The number of amides is 1. The molecule has 1 N–H and O–H groups in total. The molecule has 4 heteroatoms. The summed E-state index contributed by atoms with van der Waals surface area (Å²) in [6.45, 7) is 1.18. The van der Waals surface area contributed by atoms with E-state index in [1.165, 1.54) is 5.57 Å². The number of piperidine rings is 1. The lowest BCUT2D eigenvalue weighted by Crippen LogP contribution is -2.58. The van der Waals surface area contributed by atoms with Crippen LogP contribution in [0.2, 0.25) is 0 Å². The number of aliphatic hydroxyl groups is 1. The van der Waals surface area contributed by atoms with E-state index in [-0.39, 0.29) is 29.1 Å². The van der Waals surface area contributed by atoms with Crippen LogP contribution in [0.15, 0.2) is 54.1 Å². The van der Waals surface area contributed by atoms with Crippen molar-refractivity contribution in [1.29, 1.82) is 0 Å². The van der Waals surface area contributed by atoms with E-state index >= 15 is 0 Å². The molecule has 0 aromatic heterocycles. The molecule has 3 atom stereocenters. The first-order valence-electron chi connectivity index (χ1n) is 9.63. The van der Waals surface area contributed by atoms with E-state index in [1.54, 1.807) is 0 Å². The first-order chi connectivity index (χ1) is 12.7. The summed E-state index contributed by atoms with van der Waals surface area (Å²) in [5, 5.41) is 10.4. The van der Waals surface area contributed by atoms with Crippen molar-refractivity contribution < 1.29 is 14.6 Å². The fourth-order valence-electron chi connectivity index (χ4n) is 6.20. The van der Waals surface area contributed by atoms with Crippen LogP contribution < -0.4 is 0 Å². The van der Waals surface area contributed by atoms with Crippen LogP contribution >= 0.6 is 0 Å². The van der Waals surface area contributed by atoms with E-state index in [4.69, 9.17) is 4.74 Å². The summed E-state index contributed by atoms with van der Waals surface area (Å²) in [7, 11) is 0. The summed E-state index contributed by atoms with van der Waals surface area (Å²) in [4.78, 5) is 15.0. The third-order valence-corrected chi connectivity index (χ3v) is 7.37. The Kier molecular flexibility index (Phi) is 3.39. The van der Waals surface area contributed by atoms with Gasteiger partial charge in [-0.2, -0.15) is 0 Å². The third kappa shape index (κ3) is 1.86. The van der Waals surface area contributed by atoms with Gasteiger partial charge in [0.05, 0.1) is 12.1 Å². The van der Waals surface area contributed by atoms with E-state index in [0.29, 0.717) is 6.61 Å². The second-order valence-electron chi connectivity index (χ2n) is 8.35. The fraction of sp³-hybridized carbons (Fsp3) is 0.500. The minimum absolute atomic E-state index is 0.0384. The molecule has 1 aromatic carbocycles. The number of hydrogen-bond donors (Lipinski definition) is 1. The second-order valence-corrected chi connectivity index (χ2v) is 8.35. The van der Waals surface area contributed by atoms with Crippen molar-refractivity contribution in [3.63, 3.8) is 0 Å². The maximum Gasteiger partial charge on any atom is 0.410 e. The van der Waals surface area contributed by atoms with Gasteiger partial charge in [-0.25, -0.2) is 4.79 Å². The standard InChI is InChI=1S/C22H25NO3/c24-16-20-10-6-12-23(19(25)26-14-17-7-2-1-3-8-17)22(20)15-21(22)11-5-4-9-18(21)13-20/h1-5,7-9,24H,6,10-16H2/t20-,21?,22-/m1/s1. The highest BCUT2D eigenvalue weighted by atomic mass is 16.6. The number of carbonyl (C=O) groups excluding carboxylic acids is 1. The first kappa shape index (κ1) is 16.1.